The van der Waals surface area contributed by atoms with E-state index in [2.05, 4.69) is 140 Å². The Morgan fingerprint density at radius 2 is 0.875 bits per heavy atom. The molecule has 4 nitrogen and oxygen atoms in total. The van der Waals surface area contributed by atoms with Crippen LogP contribution in [-0.2, 0) is 0 Å². The maximum Gasteiger partial charge on any atom is 0.164 e. The number of hydrogen-bond acceptors (Lipinski definition) is 5. The van der Waals surface area contributed by atoms with E-state index in [0.717, 1.165) is 49.8 Å². The number of aromatic nitrogens is 3. The van der Waals surface area contributed by atoms with Crippen molar-refractivity contribution in [3.63, 3.8) is 0 Å². The van der Waals surface area contributed by atoms with Crippen molar-refractivity contribution in [3.8, 4) is 67.5 Å². The minimum absolute atomic E-state index is 0.597. The highest BCUT2D eigenvalue weighted by molar-refractivity contribution is 7.26. The summed E-state index contributed by atoms with van der Waals surface area (Å²) in [5.74, 6) is 1.83. The fourth-order valence-corrected chi connectivity index (χ4v) is 9.01. The van der Waals surface area contributed by atoms with Gasteiger partial charge in [-0.2, -0.15) is 0 Å². The van der Waals surface area contributed by atoms with Gasteiger partial charge in [-0.1, -0.05) is 158 Å². The van der Waals surface area contributed by atoms with Crippen LogP contribution in [0, 0.1) is 0 Å². The number of furan rings is 1. The van der Waals surface area contributed by atoms with Crippen molar-refractivity contribution in [2.24, 2.45) is 0 Å². The molecule has 0 unspecified atom stereocenters. The topological polar surface area (TPSA) is 51.8 Å². The summed E-state index contributed by atoms with van der Waals surface area (Å²) in [5, 5.41) is 4.54. The average Bonchev–Trinajstić information content (AvgIpc) is 3.85. The van der Waals surface area contributed by atoms with Crippen LogP contribution in [0.15, 0.2) is 192 Å². The number of fused-ring (bicyclic) bond motifs is 6. The van der Waals surface area contributed by atoms with Gasteiger partial charge in [0.1, 0.15) is 11.2 Å². The molecule has 0 fully saturated rings. The van der Waals surface area contributed by atoms with E-state index in [1.807, 2.05) is 59.9 Å². The molecule has 0 bridgehead atoms. The van der Waals surface area contributed by atoms with E-state index in [1.54, 1.807) is 0 Å². The van der Waals surface area contributed by atoms with Gasteiger partial charge in [-0.3, -0.25) is 0 Å². The highest BCUT2D eigenvalue weighted by Crippen LogP contribution is 2.44. The van der Waals surface area contributed by atoms with E-state index >= 15 is 0 Å². The third-order valence-electron chi connectivity index (χ3n) is 10.6. The van der Waals surface area contributed by atoms with Gasteiger partial charge in [0, 0.05) is 47.6 Å². The van der Waals surface area contributed by atoms with Gasteiger partial charge >= 0.3 is 0 Å². The smallest absolute Gasteiger partial charge is 0.164 e. The third-order valence-corrected chi connectivity index (χ3v) is 11.7. The summed E-state index contributed by atoms with van der Waals surface area (Å²) in [6.45, 7) is 0. The lowest BCUT2D eigenvalue weighted by atomic mass is 9.96. The van der Waals surface area contributed by atoms with Crippen molar-refractivity contribution in [1.82, 2.24) is 15.0 Å². The van der Waals surface area contributed by atoms with Crippen LogP contribution in [0.25, 0.3) is 110 Å². The fraction of sp³-hybridized carbons (Fsp3) is 0. The largest absolute Gasteiger partial charge is 0.456 e. The minimum Gasteiger partial charge on any atom is -0.456 e. The van der Waals surface area contributed by atoms with Crippen LogP contribution in [-0.4, -0.2) is 15.0 Å². The second-order valence-corrected chi connectivity index (χ2v) is 15.0. The minimum atomic E-state index is 0.597. The van der Waals surface area contributed by atoms with Crippen LogP contribution in [0.2, 0.25) is 0 Å². The quantitative estimate of drug-likeness (QED) is 0.171. The zero-order chi connectivity index (χ0) is 37.0. The van der Waals surface area contributed by atoms with Crippen molar-refractivity contribution in [1.29, 1.82) is 0 Å². The normalized spacial score (nSPS) is 11.6. The Bertz CT molecular complexity index is 3230. The van der Waals surface area contributed by atoms with Gasteiger partial charge in [0.15, 0.2) is 17.5 Å². The molecule has 11 aromatic rings. The van der Waals surface area contributed by atoms with E-state index in [9.17, 15) is 0 Å². The van der Waals surface area contributed by atoms with Crippen LogP contribution in [0.3, 0.4) is 0 Å². The number of benzene rings is 8. The highest BCUT2D eigenvalue weighted by Gasteiger charge is 2.19. The fourth-order valence-electron chi connectivity index (χ4n) is 7.84. The van der Waals surface area contributed by atoms with E-state index in [4.69, 9.17) is 19.4 Å². The van der Waals surface area contributed by atoms with E-state index in [-0.39, 0.29) is 0 Å². The molecular weight excluding hydrogens is 703 g/mol. The second-order valence-electron chi connectivity index (χ2n) is 14.0. The van der Waals surface area contributed by atoms with E-state index < -0.39 is 0 Å². The summed E-state index contributed by atoms with van der Waals surface area (Å²) >= 11 is 1.84. The zero-order valence-electron chi connectivity index (χ0n) is 30.1. The van der Waals surface area contributed by atoms with Gasteiger partial charge in [0.05, 0.1) is 0 Å². The molecule has 11 rings (SSSR count). The molecule has 0 N–H and O–H groups in total. The van der Waals surface area contributed by atoms with Crippen LogP contribution in [0.1, 0.15) is 0 Å². The van der Waals surface area contributed by atoms with Crippen molar-refractivity contribution in [2.45, 2.75) is 0 Å². The van der Waals surface area contributed by atoms with Crippen LogP contribution in [0.4, 0.5) is 0 Å². The van der Waals surface area contributed by atoms with Crippen LogP contribution >= 0.6 is 11.3 Å². The molecule has 262 valence electrons. The lowest BCUT2D eigenvalue weighted by Gasteiger charge is -2.10. The first-order valence-electron chi connectivity index (χ1n) is 18.7. The highest BCUT2D eigenvalue weighted by atomic mass is 32.1. The summed E-state index contributed by atoms with van der Waals surface area (Å²) in [6.07, 6.45) is 0. The first-order valence-corrected chi connectivity index (χ1v) is 19.5. The van der Waals surface area contributed by atoms with Gasteiger partial charge in [-0.25, -0.2) is 15.0 Å². The maximum absolute atomic E-state index is 6.52. The molecule has 0 atom stereocenters. The molecule has 0 saturated carbocycles. The Labute approximate surface area is 327 Å². The standard InChI is InChI=1S/C51H31N3OS/c1-4-12-32(13-5-1)34-22-24-36(25-23-34)50-52-49(35-16-8-3-9-17-35)53-51(54-50)41-19-10-20-44-47(41)42-30-38(27-29-43(42)55-44)39-18-11-21-45-48(39)40-28-26-37(31-46(40)56-45)33-14-6-2-7-15-33/h1-31H. The van der Waals surface area contributed by atoms with Gasteiger partial charge in [0.2, 0.25) is 0 Å². The molecule has 0 aliphatic heterocycles. The van der Waals surface area contributed by atoms with Crippen LogP contribution in [0.5, 0.6) is 0 Å². The Balaban J connectivity index is 1.07. The molecule has 0 radical (unpaired) electrons. The summed E-state index contributed by atoms with van der Waals surface area (Å²) in [6, 6.07) is 65.7. The predicted molar refractivity (Wildman–Crippen MR) is 233 cm³/mol. The van der Waals surface area contributed by atoms with E-state index in [0.29, 0.717) is 17.5 Å². The molecule has 5 heteroatoms. The zero-order valence-corrected chi connectivity index (χ0v) is 30.9. The number of thiophene rings is 1. The Morgan fingerprint density at radius 3 is 1.61 bits per heavy atom. The van der Waals surface area contributed by atoms with Crippen molar-refractivity contribution in [3.05, 3.63) is 188 Å². The summed E-state index contributed by atoms with van der Waals surface area (Å²) in [5.41, 5.74) is 11.4. The number of nitrogens with zero attached hydrogens (tertiary/aromatic N) is 3. The molecule has 8 aromatic carbocycles. The third kappa shape index (κ3) is 5.56. The van der Waals surface area contributed by atoms with Crippen LogP contribution < -0.4 is 0 Å². The molecule has 56 heavy (non-hydrogen) atoms. The average molecular weight is 734 g/mol. The molecule has 0 aliphatic carbocycles. The molecule has 3 aromatic heterocycles. The molecule has 0 amide bonds. The Morgan fingerprint density at radius 1 is 0.321 bits per heavy atom. The lowest BCUT2D eigenvalue weighted by Crippen LogP contribution is -2.00. The number of rotatable bonds is 6. The van der Waals surface area contributed by atoms with Crippen molar-refractivity contribution in [2.75, 3.05) is 0 Å². The Kier molecular flexibility index (Phi) is 7.64. The molecule has 0 spiro atoms. The monoisotopic (exact) mass is 733 g/mol. The summed E-state index contributed by atoms with van der Waals surface area (Å²) in [7, 11) is 0. The Hall–Kier alpha value is -7.21. The first-order chi connectivity index (χ1) is 27.7. The van der Waals surface area contributed by atoms with Gasteiger partial charge in [-0.05, 0) is 63.7 Å². The molecule has 0 aliphatic rings. The van der Waals surface area contributed by atoms with Crippen molar-refractivity contribution >= 4 is 53.4 Å². The second kappa shape index (κ2) is 13.3. The molecule has 3 heterocycles. The number of hydrogen-bond donors (Lipinski definition) is 0. The van der Waals surface area contributed by atoms with E-state index in [1.165, 1.54) is 42.4 Å². The summed E-state index contributed by atoms with van der Waals surface area (Å²) < 4.78 is 9.06. The van der Waals surface area contributed by atoms with Gasteiger partial charge in [0.25, 0.3) is 0 Å². The predicted octanol–water partition coefficient (Wildman–Crippen LogP) is 14.1. The lowest BCUT2D eigenvalue weighted by molar-refractivity contribution is 0.669. The first kappa shape index (κ1) is 32.2. The maximum atomic E-state index is 6.52. The van der Waals surface area contributed by atoms with Gasteiger partial charge < -0.3 is 4.42 Å². The SMILES string of the molecule is c1ccc(-c2ccc(-c3nc(-c4ccccc4)nc(-c4cccc5oc6ccc(-c7cccc8sc9cc(-c%10ccccc%10)ccc9c78)cc6c45)n3)cc2)cc1. The molecular formula is C51H31N3OS. The van der Waals surface area contributed by atoms with Crippen molar-refractivity contribution < 1.29 is 4.42 Å². The summed E-state index contributed by atoms with van der Waals surface area (Å²) in [4.78, 5) is 15.3. The molecule has 0 saturated heterocycles. The van der Waals surface area contributed by atoms with Gasteiger partial charge in [-0.15, -0.1) is 11.3 Å².